The third-order valence-corrected chi connectivity index (χ3v) is 4.84. The Hall–Kier alpha value is -1.00. The summed E-state index contributed by atoms with van der Waals surface area (Å²) in [6.45, 7) is 6.13. The molecule has 3 nitrogen and oxygen atoms in total. The summed E-state index contributed by atoms with van der Waals surface area (Å²) in [5.74, 6) is 0.308. The van der Waals surface area contributed by atoms with Crippen LogP contribution in [0.25, 0.3) is 0 Å². The highest BCUT2D eigenvalue weighted by atomic mass is 19.1. The Kier molecular flexibility index (Phi) is 6.12. The third kappa shape index (κ3) is 3.80. The summed E-state index contributed by atoms with van der Waals surface area (Å²) in [7, 11) is 0. The van der Waals surface area contributed by atoms with E-state index in [2.05, 4.69) is 23.7 Å². The van der Waals surface area contributed by atoms with E-state index >= 15 is 0 Å². The maximum absolute atomic E-state index is 13.1. The summed E-state index contributed by atoms with van der Waals surface area (Å²) in [4.78, 5) is 6.85. The van der Waals surface area contributed by atoms with E-state index in [1.165, 1.54) is 37.9 Å². The van der Waals surface area contributed by atoms with E-state index in [4.69, 9.17) is 5.73 Å². The lowest BCUT2D eigenvalue weighted by Gasteiger charge is -2.43. The van der Waals surface area contributed by atoms with E-state index in [0.717, 1.165) is 25.2 Å². The van der Waals surface area contributed by atoms with Crippen molar-refractivity contribution in [3.8, 4) is 0 Å². The molecule has 118 valence electrons. The number of halogens is 1. The van der Waals surface area contributed by atoms with Crippen molar-refractivity contribution in [1.29, 1.82) is 0 Å². The molecule has 1 aliphatic carbocycles. The maximum Gasteiger partial charge on any atom is 0.141 e. The van der Waals surface area contributed by atoms with Crippen LogP contribution in [-0.2, 0) is 0 Å². The first-order valence-electron chi connectivity index (χ1n) is 8.28. The molecule has 21 heavy (non-hydrogen) atoms. The molecule has 0 saturated heterocycles. The second kappa shape index (κ2) is 7.85. The molecular formula is C17H28FN3. The molecule has 1 saturated carbocycles. The van der Waals surface area contributed by atoms with Crippen LogP contribution in [-0.4, -0.2) is 29.0 Å². The minimum absolute atomic E-state index is 0.257. The smallest absolute Gasteiger partial charge is 0.141 e. The van der Waals surface area contributed by atoms with Gasteiger partial charge in [-0.25, -0.2) is 4.39 Å². The van der Waals surface area contributed by atoms with Crippen LogP contribution in [0.5, 0.6) is 0 Å². The Morgan fingerprint density at radius 1 is 1.33 bits per heavy atom. The van der Waals surface area contributed by atoms with E-state index in [-0.39, 0.29) is 11.9 Å². The van der Waals surface area contributed by atoms with Crippen LogP contribution in [0.3, 0.4) is 0 Å². The van der Waals surface area contributed by atoms with Crippen molar-refractivity contribution in [2.75, 3.05) is 13.1 Å². The lowest BCUT2D eigenvalue weighted by atomic mass is 9.82. The molecule has 0 aliphatic heterocycles. The van der Waals surface area contributed by atoms with E-state index in [0.29, 0.717) is 12.0 Å². The minimum Gasteiger partial charge on any atom is -0.330 e. The molecule has 1 aromatic heterocycles. The zero-order valence-corrected chi connectivity index (χ0v) is 13.3. The molecule has 1 aromatic rings. The molecule has 0 amide bonds. The van der Waals surface area contributed by atoms with Crippen molar-refractivity contribution in [3.63, 3.8) is 0 Å². The van der Waals surface area contributed by atoms with E-state index in [9.17, 15) is 4.39 Å². The quantitative estimate of drug-likeness (QED) is 0.872. The fraction of sp³-hybridized carbons (Fsp3) is 0.706. The molecule has 1 fully saturated rings. The molecule has 3 unspecified atom stereocenters. The number of nitrogens with two attached hydrogens (primary N) is 1. The van der Waals surface area contributed by atoms with Gasteiger partial charge in [-0.3, -0.25) is 9.88 Å². The molecule has 4 heteroatoms. The summed E-state index contributed by atoms with van der Waals surface area (Å²) in [6.07, 6.45) is 7.33. The van der Waals surface area contributed by atoms with Crippen molar-refractivity contribution in [3.05, 3.63) is 29.8 Å². The Labute approximate surface area is 127 Å². The van der Waals surface area contributed by atoms with Crippen molar-refractivity contribution >= 4 is 0 Å². The zero-order valence-electron chi connectivity index (χ0n) is 13.3. The van der Waals surface area contributed by atoms with Gasteiger partial charge in [0.05, 0.1) is 17.9 Å². The molecule has 1 aliphatic rings. The first-order valence-corrected chi connectivity index (χ1v) is 8.28. The van der Waals surface area contributed by atoms with Gasteiger partial charge < -0.3 is 5.73 Å². The number of nitrogens with zero attached hydrogens (tertiary/aromatic N) is 2. The first kappa shape index (κ1) is 16.4. The predicted molar refractivity (Wildman–Crippen MR) is 84.4 cm³/mol. The first-order chi connectivity index (χ1) is 10.2. The molecule has 2 N–H and O–H groups in total. The predicted octanol–water partition coefficient (Wildman–Crippen LogP) is 3.51. The van der Waals surface area contributed by atoms with E-state index < -0.39 is 0 Å². The van der Waals surface area contributed by atoms with Crippen molar-refractivity contribution in [1.82, 2.24) is 9.88 Å². The fourth-order valence-corrected chi connectivity index (χ4v) is 3.78. The summed E-state index contributed by atoms with van der Waals surface area (Å²) in [5.41, 5.74) is 6.97. The number of aromatic nitrogens is 1. The molecule has 3 atom stereocenters. The average molecular weight is 293 g/mol. The van der Waals surface area contributed by atoms with Crippen molar-refractivity contribution in [2.45, 2.75) is 58.0 Å². The number of rotatable bonds is 6. The van der Waals surface area contributed by atoms with Crippen LogP contribution < -0.4 is 5.73 Å². The second-order valence-electron chi connectivity index (χ2n) is 6.00. The minimum atomic E-state index is -0.269. The highest BCUT2D eigenvalue weighted by molar-refractivity contribution is 5.11. The number of hydrogen-bond acceptors (Lipinski definition) is 3. The number of hydrogen-bond donors (Lipinski definition) is 1. The van der Waals surface area contributed by atoms with Gasteiger partial charge in [0, 0.05) is 6.04 Å². The Balaban J connectivity index is 2.21. The van der Waals surface area contributed by atoms with Crippen LogP contribution in [0.2, 0.25) is 0 Å². The maximum atomic E-state index is 13.1. The van der Waals surface area contributed by atoms with Crippen molar-refractivity contribution in [2.24, 2.45) is 11.7 Å². The SMILES string of the molecule is CCC(c1ccc(F)cn1)N(CC)C1CCCCC1CN. The summed E-state index contributed by atoms with van der Waals surface area (Å²) in [5, 5.41) is 0. The highest BCUT2D eigenvalue weighted by Gasteiger charge is 2.32. The average Bonchev–Trinajstić information content (AvgIpc) is 2.53. The lowest BCUT2D eigenvalue weighted by molar-refractivity contribution is 0.0660. The van der Waals surface area contributed by atoms with Crippen LogP contribution in [0.15, 0.2) is 18.3 Å². The molecule has 0 aromatic carbocycles. The zero-order chi connectivity index (χ0) is 15.2. The normalized spacial score (nSPS) is 24.2. The van der Waals surface area contributed by atoms with Gasteiger partial charge in [-0.15, -0.1) is 0 Å². The Morgan fingerprint density at radius 3 is 2.67 bits per heavy atom. The van der Waals surface area contributed by atoms with Gasteiger partial charge >= 0.3 is 0 Å². The molecule has 0 bridgehead atoms. The monoisotopic (exact) mass is 293 g/mol. The van der Waals surface area contributed by atoms with Gasteiger partial charge in [-0.05, 0) is 50.4 Å². The fourth-order valence-electron chi connectivity index (χ4n) is 3.78. The third-order valence-electron chi connectivity index (χ3n) is 4.84. The van der Waals surface area contributed by atoms with Gasteiger partial charge in [0.2, 0.25) is 0 Å². The van der Waals surface area contributed by atoms with Gasteiger partial charge in [-0.1, -0.05) is 26.7 Å². The highest BCUT2D eigenvalue weighted by Crippen LogP contribution is 2.34. The molecular weight excluding hydrogens is 265 g/mol. The molecule has 0 spiro atoms. The Morgan fingerprint density at radius 2 is 2.10 bits per heavy atom. The molecule has 1 heterocycles. The summed E-state index contributed by atoms with van der Waals surface area (Å²) < 4.78 is 13.1. The standard InChI is InChI=1S/C17H28FN3/c1-3-16(15-10-9-14(18)12-20-15)21(4-2)17-8-6-5-7-13(17)11-19/h9-10,12-13,16-17H,3-8,11,19H2,1-2H3. The Bertz CT molecular complexity index is 421. The van der Waals surface area contributed by atoms with E-state index in [1.54, 1.807) is 0 Å². The van der Waals surface area contributed by atoms with Crippen LogP contribution >= 0.6 is 0 Å². The largest absolute Gasteiger partial charge is 0.330 e. The van der Waals surface area contributed by atoms with Crippen LogP contribution in [0.1, 0.15) is 57.7 Å². The number of pyridine rings is 1. The molecule has 0 radical (unpaired) electrons. The van der Waals surface area contributed by atoms with Crippen LogP contribution in [0.4, 0.5) is 4.39 Å². The molecule has 2 rings (SSSR count). The van der Waals surface area contributed by atoms with E-state index in [1.807, 2.05) is 6.07 Å². The van der Waals surface area contributed by atoms with Gasteiger partial charge in [0.25, 0.3) is 0 Å². The van der Waals surface area contributed by atoms with Crippen LogP contribution in [0, 0.1) is 11.7 Å². The lowest BCUT2D eigenvalue weighted by Crippen LogP contribution is -2.46. The van der Waals surface area contributed by atoms with Gasteiger partial charge in [-0.2, -0.15) is 0 Å². The summed E-state index contributed by atoms with van der Waals surface area (Å²) >= 11 is 0. The second-order valence-corrected chi connectivity index (χ2v) is 6.00. The van der Waals surface area contributed by atoms with Gasteiger partial charge in [0.1, 0.15) is 5.82 Å². The van der Waals surface area contributed by atoms with Gasteiger partial charge in [0.15, 0.2) is 0 Å². The summed E-state index contributed by atoms with van der Waals surface area (Å²) in [6, 6.07) is 4.13. The topological polar surface area (TPSA) is 42.2 Å². The van der Waals surface area contributed by atoms with Crippen molar-refractivity contribution < 1.29 is 4.39 Å².